The smallest absolute Gasteiger partial charge is 0.255 e. The summed E-state index contributed by atoms with van der Waals surface area (Å²) in [5.74, 6) is 1.58. The second-order valence-corrected chi connectivity index (χ2v) is 7.04. The predicted octanol–water partition coefficient (Wildman–Crippen LogP) is 3.16. The lowest BCUT2D eigenvalue weighted by atomic mass is 10.1. The number of hydrogen-bond donors (Lipinski definition) is 0. The van der Waals surface area contributed by atoms with Crippen molar-refractivity contribution >= 4 is 23.3 Å². The van der Waals surface area contributed by atoms with Crippen molar-refractivity contribution in [3.8, 4) is 17.0 Å². The van der Waals surface area contributed by atoms with Crippen LogP contribution in [0.2, 0.25) is 5.15 Å². The Morgan fingerprint density at radius 2 is 1.72 bits per heavy atom. The van der Waals surface area contributed by atoms with E-state index in [0.717, 1.165) is 22.8 Å². The maximum absolute atomic E-state index is 12.6. The van der Waals surface area contributed by atoms with Crippen LogP contribution in [0.15, 0.2) is 54.7 Å². The minimum Gasteiger partial charge on any atom is -0.497 e. The first-order chi connectivity index (χ1) is 14.1. The Bertz CT molecular complexity index is 969. The molecule has 2 aromatic heterocycles. The van der Waals surface area contributed by atoms with Gasteiger partial charge in [-0.2, -0.15) is 0 Å². The number of benzene rings is 1. The number of hydrogen-bond acceptors (Lipinski definition) is 6. The first-order valence-electron chi connectivity index (χ1n) is 9.28. The average Bonchev–Trinajstić information content (AvgIpc) is 2.79. The van der Waals surface area contributed by atoms with Crippen LogP contribution in [-0.2, 0) is 0 Å². The third kappa shape index (κ3) is 4.30. The van der Waals surface area contributed by atoms with Crippen LogP contribution in [0, 0.1) is 0 Å². The Morgan fingerprint density at radius 1 is 0.966 bits per heavy atom. The molecule has 4 rings (SSSR count). The topological polar surface area (TPSA) is 71.5 Å². The molecule has 1 fully saturated rings. The van der Waals surface area contributed by atoms with Gasteiger partial charge in [0.05, 0.1) is 18.4 Å². The van der Waals surface area contributed by atoms with Crippen LogP contribution in [0.5, 0.6) is 5.75 Å². The predicted molar refractivity (Wildman–Crippen MR) is 111 cm³/mol. The fourth-order valence-electron chi connectivity index (χ4n) is 3.23. The van der Waals surface area contributed by atoms with Crippen LogP contribution in [0.3, 0.4) is 0 Å². The third-order valence-corrected chi connectivity index (χ3v) is 5.13. The second kappa shape index (κ2) is 8.45. The number of nitrogens with zero attached hydrogens (tertiary/aromatic N) is 5. The number of halogens is 1. The average molecular weight is 410 g/mol. The number of ether oxygens (including phenoxy) is 1. The Morgan fingerprint density at radius 3 is 2.31 bits per heavy atom. The third-order valence-electron chi connectivity index (χ3n) is 4.90. The van der Waals surface area contributed by atoms with E-state index in [0.29, 0.717) is 36.9 Å². The zero-order valence-electron chi connectivity index (χ0n) is 16.0. The Hall–Kier alpha value is -3.19. The van der Waals surface area contributed by atoms with Crippen LogP contribution in [0.1, 0.15) is 10.4 Å². The largest absolute Gasteiger partial charge is 0.497 e. The highest BCUT2D eigenvalue weighted by Crippen LogP contribution is 2.22. The zero-order chi connectivity index (χ0) is 20.2. The molecule has 1 amide bonds. The molecule has 1 aliphatic heterocycles. The lowest BCUT2D eigenvalue weighted by Gasteiger charge is -2.35. The number of piperazine rings is 1. The Kier molecular flexibility index (Phi) is 5.57. The van der Waals surface area contributed by atoms with Gasteiger partial charge in [0.15, 0.2) is 5.82 Å². The summed E-state index contributed by atoms with van der Waals surface area (Å²) in [7, 11) is 1.64. The number of carbonyl (C=O) groups excluding carboxylic acids is 1. The molecule has 0 atom stereocenters. The monoisotopic (exact) mass is 409 g/mol. The number of amides is 1. The van der Waals surface area contributed by atoms with Gasteiger partial charge in [-0.3, -0.25) is 4.79 Å². The van der Waals surface area contributed by atoms with Gasteiger partial charge in [0.25, 0.3) is 5.91 Å². The zero-order valence-corrected chi connectivity index (χ0v) is 16.7. The van der Waals surface area contributed by atoms with Gasteiger partial charge in [0, 0.05) is 37.9 Å². The maximum Gasteiger partial charge on any atom is 0.255 e. The molecule has 3 aromatic rings. The van der Waals surface area contributed by atoms with E-state index in [4.69, 9.17) is 16.3 Å². The number of methoxy groups -OCH3 is 1. The normalized spacial score (nSPS) is 14.0. The second-order valence-electron chi connectivity index (χ2n) is 6.65. The van der Waals surface area contributed by atoms with Crippen molar-refractivity contribution in [2.45, 2.75) is 0 Å². The van der Waals surface area contributed by atoms with E-state index >= 15 is 0 Å². The quantitative estimate of drug-likeness (QED) is 0.616. The number of anilines is 1. The van der Waals surface area contributed by atoms with Crippen LogP contribution in [0.4, 0.5) is 5.82 Å². The van der Waals surface area contributed by atoms with Crippen LogP contribution in [0.25, 0.3) is 11.3 Å². The van der Waals surface area contributed by atoms with E-state index in [1.54, 1.807) is 19.2 Å². The number of carbonyl (C=O) groups is 1. The van der Waals surface area contributed by atoms with Crippen molar-refractivity contribution in [2.75, 3.05) is 38.2 Å². The summed E-state index contributed by atoms with van der Waals surface area (Å²) >= 11 is 5.79. The van der Waals surface area contributed by atoms with E-state index in [9.17, 15) is 4.79 Å². The van der Waals surface area contributed by atoms with Gasteiger partial charge in [0.2, 0.25) is 0 Å². The van der Waals surface area contributed by atoms with Crippen molar-refractivity contribution in [3.05, 3.63) is 65.4 Å². The van der Waals surface area contributed by atoms with Gasteiger partial charge < -0.3 is 14.5 Å². The van der Waals surface area contributed by atoms with Crippen molar-refractivity contribution in [2.24, 2.45) is 0 Å². The molecule has 148 valence electrons. The molecule has 0 bridgehead atoms. The number of rotatable bonds is 4. The van der Waals surface area contributed by atoms with E-state index in [2.05, 4.69) is 20.1 Å². The van der Waals surface area contributed by atoms with Crippen LogP contribution >= 0.6 is 11.6 Å². The van der Waals surface area contributed by atoms with E-state index in [1.807, 2.05) is 41.3 Å². The van der Waals surface area contributed by atoms with E-state index in [1.165, 1.54) is 6.20 Å². The molecule has 1 aromatic carbocycles. The molecule has 0 saturated carbocycles. The summed E-state index contributed by atoms with van der Waals surface area (Å²) in [5, 5.41) is 9.11. The van der Waals surface area contributed by atoms with Crippen molar-refractivity contribution in [1.82, 2.24) is 20.1 Å². The molecule has 0 radical (unpaired) electrons. The molecule has 0 aliphatic carbocycles. The summed E-state index contributed by atoms with van der Waals surface area (Å²) in [6.45, 7) is 2.62. The highest BCUT2D eigenvalue weighted by atomic mass is 35.5. The summed E-state index contributed by atoms with van der Waals surface area (Å²) in [5.41, 5.74) is 2.34. The number of pyridine rings is 1. The number of aromatic nitrogens is 3. The van der Waals surface area contributed by atoms with Gasteiger partial charge in [0.1, 0.15) is 10.9 Å². The Labute approximate surface area is 173 Å². The molecule has 0 spiro atoms. The molecular formula is C21H20ClN5O2. The first-order valence-corrected chi connectivity index (χ1v) is 9.66. The molecule has 3 heterocycles. The summed E-state index contributed by atoms with van der Waals surface area (Å²) < 4.78 is 5.18. The summed E-state index contributed by atoms with van der Waals surface area (Å²) in [6.07, 6.45) is 1.51. The standard InChI is InChI=1S/C21H20ClN5O2/c1-29-17-5-2-15(3-6-17)18-7-9-20(25-24-18)26-10-12-27(13-11-26)21(28)16-4-8-19(22)23-14-16/h2-9,14H,10-13H2,1H3. The fourth-order valence-corrected chi connectivity index (χ4v) is 3.34. The summed E-state index contributed by atoms with van der Waals surface area (Å²) in [6, 6.07) is 15.0. The van der Waals surface area contributed by atoms with Gasteiger partial charge in [-0.05, 0) is 48.5 Å². The van der Waals surface area contributed by atoms with Crippen molar-refractivity contribution < 1.29 is 9.53 Å². The van der Waals surface area contributed by atoms with E-state index < -0.39 is 0 Å². The Balaban J connectivity index is 1.38. The molecule has 8 heteroatoms. The lowest BCUT2D eigenvalue weighted by Crippen LogP contribution is -2.49. The van der Waals surface area contributed by atoms with E-state index in [-0.39, 0.29) is 5.91 Å². The lowest BCUT2D eigenvalue weighted by molar-refractivity contribution is 0.0746. The molecule has 29 heavy (non-hydrogen) atoms. The van der Waals surface area contributed by atoms with Crippen LogP contribution in [-0.4, -0.2) is 59.3 Å². The fraction of sp³-hybridized carbons (Fsp3) is 0.238. The van der Waals surface area contributed by atoms with Gasteiger partial charge >= 0.3 is 0 Å². The van der Waals surface area contributed by atoms with Crippen molar-refractivity contribution in [3.63, 3.8) is 0 Å². The molecule has 0 N–H and O–H groups in total. The minimum atomic E-state index is -0.0326. The minimum absolute atomic E-state index is 0.0326. The summed E-state index contributed by atoms with van der Waals surface area (Å²) in [4.78, 5) is 20.5. The molecule has 1 aliphatic rings. The maximum atomic E-state index is 12.6. The van der Waals surface area contributed by atoms with Crippen LogP contribution < -0.4 is 9.64 Å². The van der Waals surface area contributed by atoms with Gasteiger partial charge in [-0.1, -0.05) is 11.6 Å². The molecular weight excluding hydrogens is 390 g/mol. The van der Waals surface area contributed by atoms with Gasteiger partial charge in [-0.25, -0.2) is 4.98 Å². The molecule has 0 unspecified atom stereocenters. The highest BCUT2D eigenvalue weighted by Gasteiger charge is 2.23. The highest BCUT2D eigenvalue weighted by molar-refractivity contribution is 6.29. The SMILES string of the molecule is COc1ccc(-c2ccc(N3CCN(C(=O)c4ccc(Cl)nc4)CC3)nn2)cc1. The molecule has 7 nitrogen and oxygen atoms in total. The van der Waals surface area contributed by atoms with Gasteiger partial charge in [-0.15, -0.1) is 10.2 Å². The first kappa shape index (κ1) is 19.1. The van der Waals surface area contributed by atoms with Crippen molar-refractivity contribution in [1.29, 1.82) is 0 Å². The molecule has 1 saturated heterocycles.